The fraction of sp³-hybridized carbons (Fsp3) is 0.208. The van der Waals surface area contributed by atoms with E-state index in [1.165, 1.54) is 0 Å². The molecule has 3 aromatic carbocycles. The van der Waals surface area contributed by atoms with Gasteiger partial charge in [-0.3, -0.25) is 0 Å². The summed E-state index contributed by atoms with van der Waals surface area (Å²) in [6.07, 6.45) is 1.67. The van der Waals surface area contributed by atoms with Crippen molar-refractivity contribution >= 4 is 11.7 Å². The lowest BCUT2D eigenvalue weighted by atomic mass is 10.2. The number of hydrogen-bond acceptors (Lipinski definition) is 5. The quantitative estimate of drug-likeness (QED) is 0.303. The molecule has 0 saturated carbocycles. The fourth-order valence-electron chi connectivity index (χ4n) is 2.69. The van der Waals surface area contributed by atoms with Crippen molar-refractivity contribution in [1.82, 2.24) is 0 Å². The number of carbonyl (C=O) groups is 1. The first kappa shape index (κ1) is 20.3. The number of rotatable bonds is 10. The molecule has 0 amide bonds. The molecule has 0 atom stereocenters. The maximum atomic E-state index is 12.3. The van der Waals surface area contributed by atoms with Gasteiger partial charge in [-0.2, -0.15) is 0 Å². The summed E-state index contributed by atoms with van der Waals surface area (Å²) in [5, 5.41) is 0. The number of nitrogen functional groups attached to an aromatic ring is 1. The molecule has 3 rings (SSSR count). The van der Waals surface area contributed by atoms with Gasteiger partial charge in [-0.05, 0) is 48.7 Å². The van der Waals surface area contributed by atoms with Crippen LogP contribution in [0.25, 0.3) is 0 Å². The summed E-state index contributed by atoms with van der Waals surface area (Å²) in [7, 11) is 0. The van der Waals surface area contributed by atoms with E-state index in [0.717, 1.165) is 24.2 Å². The predicted molar refractivity (Wildman–Crippen MR) is 113 cm³/mol. The van der Waals surface area contributed by atoms with E-state index in [1.807, 2.05) is 60.7 Å². The van der Waals surface area contributed by atoms with Gasteiger partial charge in [-0.1, -0.05) is 48.5 Å². The highest BCUT2D eigenvalue weighted by Crippen LogP contribution is 2.24. The van der Waals surface area contributed by atoms with Crippen molar-refractivity contribution in [3.05, 3.63) is 90.0 Å². The molecule has 0 aliphatic carbocycles. The molecule has 0 aliphatic rings. The van der Waals surface area contributed by atoms with E-state index < -0.39 is 5.97 Å². The summed E-state index contributed by atoms with van der Waals surface area (Å²) in [6.45, 7) is 1.33. The number of carbonyl (C=O) groups excluding carboxylic acids is 1. The van der Waals surface area contributed by atoms with Crippen LogP contribution in [0.15, 0.2) is 78.9 Å². The molecule has 3 aromatic rings. The lowest BCUT2D eigenvalue weighted by molar-refractivity contribution is 0.0472. The highest BCUT2D eigenvalue weighted by Gasteiger charge is 2.11. The Morgan fingerprint density at radius 3 is 2.17 bits per heavy atom. The fourth-order valence-corrected chi connectivity index (χ4v) is 2.69. The molecule has 0 spiro atoms. The minimum absolute atomic E-state index is 0.224. The number of hydrogen-bond donors (Lipinski definition) is 1. The SMILES string of the molecule is Nc1ccc(C(=O)OCc2ccccc2)cc1OCCCCOc1ccccc1. The third kappa shape index (κ3) is 6.57. The molecule has 29 heavy (non-hydrogen) atoms. The first-order chi connectivity index (χ1) is 14.2. The zero-order valence-corrected chi connectivity index (χ0v) is 16.3. The Morgan fingerprint density at radius 1 is 0.793 bits per heavy atom. The average Bonchev–Trinajstić information content (AvgIpc) is 2.77. The van der Waals surface area contributed by atoms with Crippen LogP contribution in [0.4, 0.5) is 5.69 Å². The molecule has 0 fully saturated rings. The Balaban J connectivity index is 1.43. The van der Waals surface area contributed by atoms with Crippen molar-refractivity contribution in [2.45, 2.75) is 19.4 Å². The van der Waals surface area contributed by atoms with Crippen LogP contribution in [-0.4, -0.2) is 19.2 Å². The summed E-state index contributed by atoms with van der Waals surface area (Å²) in [4.78, 5) is 12.3. The van der Waals surface area contributed by atoms with Crippen LogP contribution in [0.2, 0.25) is 0 Å². The normalized spacial score (nSPS) is 10.3. The number of unbranched alkanes of at least 4 members (excludes halogenated alkanes) is 1. The van der Waals surface area contributed by atoms with E-state index in [1.54, 1.807) is 18.2 Å². The number of para-hydroxylation sites is 1. The van der Waals surface area contributed by atoms with E-state index in [0.29, 0.717) is 30.2 Å². The second-order valence-electron chi connectivity index (χ2n) is 6.53. The van der Waals surface area contributed by atoms with Crippen LogP contribution in [0.5, 0.6) is 11.5 Å². The largest absolute Gasteiger partial charge is 0.494 e. The van der Waals surface area contributed by atoms with Crippen LogP contribution in [0.1, 0.15) is 28.8 Å². The Labute approximate surface area is 171 Å². The van der Waals surface area contributed by atoms with Crippen LogP contribution in [0, 0.1) is 0 Å². The van der Waals surface area contributed by atoms with Gasteiger partial charge in [-0.25, -0.2) is 4.79 Å². The highest BCUT2D eigenvalue weighted by atomic mass is 16.5. The summed E-state index contributed by atoms with van der Waals surface area (Å²) in [5.74, 6) is 0.942. The molecular formula is C24H25NO4. The third-order valence-electron chi connectivity index (χ3n) is 4.27. The Bertz CT molecular complexity index is 897. The van der Waals surface area contributed by atoms with Gasteiger partial charge in [0, 0.05) is 0 Å². The van der Waals surface area contributed by atoms with Crippen molar-refractivity contribution in [3.63, 3.8) is 0 Å². The van der Waals surface area contributed by atoms with Gasteiger partial charge >= 0.3 is 5.97 Å². The number of benzene rings is 3. The summed E-state index contributed by atoms with van der Waals surface area (Å²) in [6, 6.07) is 24.2. The predicted octanol–water partition coefficient (Wildman–Crippen LogP) is 4.86. The summed E-state index contributed by atoms with van der Waals surface area (Å²) >= 11 is 0. The van der Waals surface area contributed by atoms with E-state index in [4.69, 9.17) is 19.9 Å². The van der Waals surface area contributed by atoms with Crippen molar-refractivity contribution < 1.29 is 19.0 Å². The zero-order chi connectivity index (χ0) is 20.3. The summed E-state index contributed by atoms with van der Waals surface area (Å²) in [5.41, 5.74) is 7.81. The van der Waals surface area contributed by atoms with E-state index >= 15 is 0 Å². The Morgan fingerprint density at radius 2 is 1.45 bits per heavy atom. The van der Waals surface area contributed by atoms with Gasteiger partial charge in [0.25, 0.3) is 0 Å². The maximum absolute atomic E-state index is 12.3. The van der Waals surface area contributed by atoms with Crippen LogP contribution in [0.3, 0.4) is 0 Å². The molecule has 0 radical (unpaired) electrons. The molecule has 0 bridgehead atoms. The first-order valence-electron chi connectivity index (χ1n) is 9.63. The lowest BCUT2D eigenvalue weighted by Crippen LogP contribution is -2.08. The Kier molecular flexibility index (Phi) is 7.52. The number of esters is 1. The standard InChI is InChI=1S/C24H25NO4/c25-22-14-13-20(24(26)29-18-19-9-3-1-4-10-19)17-23(22)28-16-8-7-15-27-21-11-5-2-6-12-21/h1-6,9-14,17H,7-8,15-16,18,25H2. The number of ether oxygens (including phenoxy) is 3. The van der Waals surface area contributed by atoms with Gasteiger partial charge in [0.2, 0.25) is 0 Å². The van der Waals surface area contributed by atoms with Gasteiger partial charge in [0.1, 0.15) is 18.1 Å². The molecule has 5 nitrogen and oxygen atoms in total. The van der Waals surface area contributed by atoms with Crippen molar-refractivity contribution in [2.75, 3.05) is 18.9 Å². The van der Waals surface area contributed by atoms with Crippen molar-refractivity contribution in [2.24, 2.45) is 0 Å². The first-order valence-corrected chi connectivity index (χ1v) is 9.63. The van der Waals surface area contributed by atoms with E-state index in [-0.39, 0.29) is 6.61 Å². The molecule has 2 N–H and O–H groups in total. The topological polar surface area (TPSA) is 70.8 Å². The number of anilines is 1. The third-order valence-corrected chi connectivity index (χ3v) is 4.27. The molecule has 0 unspecified atom stereocenters. The molecule has 0 aromatic heterocycles. The Hall–Kier alpha value is -3.47. The minimum atomic E-state index is -0.407. The van der Waals surface area contributed by atoms with Gasteiger partial charge in [0.05, 0.1) is 24.5 Å². The summed E-state index contributed by atoms with van der Waals surface area (Å²) < 4.78 is 16.8. The second-order valence-corrected chi connectivity index (χ2v) is 6.53. The molecular weight excluding hydrogens is 366 g/mol. The molecule has 0 saturated heterocycles. The van der Waals surface area contributed by atoms with Crippen molar-refractivity contribution in [1.29, 1.82) is 0 Å². The van der Waals surface area contributed by atoms with Crippen molar-refractivity contribution in [3.8, 4) is 11.5 Å². The van der Waals surface area contributed by atoms with Gasteiger partial charge in [0.15, 0.2) is 0 Å². The molecule has 0 aliphatic heterocycles. The van der Waals surface area contributed by atoms with Gasteiger partial charge < -0.3 is 19.9 Å². The van der Waals surface area contributed by atoms with Crippen LogP contribution in [-0.2, 0) is 11.3 Å². The molecule has 150 valence electrons. The number of nitrogens with two attached hydrogens (primary N) is 1. The smallest absolute Gasteiger partial charge is 0.338 e. The average molecular weight is 391 g/mol. The van der Waals surface area contributed by atoms with Crippen LogP contribution < -0.4 is 15.2 Å². The van der Waals surface area contributed by atoms with E-state index in [9.17, 15) is 4.79 Å². The highest BCUT2D eigenvalue weighted by molar-refractivity contribution is 5.90. The molecule has 0 heterocycles. The molecule has 5 heteroatoms. The van der Waals surface area contributed by atoms with Crippen LogP contribution >= 0.6 is 0 Å². The zero-order valence-electron chi connectivity index (χ0n) is 16.3. The van der Waals surface area contributed by atoms with Gasteiger partial charge in [-0.15, -0.1) is 0 Å². The monoisotopic (exact) mass is 391 g/mol. The maximum Gasteiger partial charge on any atom is 0.338 e. The van der Waals surface area contributed by atoms with E-state index in [2.05, 4.69) is 0 Å². The lowest BCUT2D eigenvalue weighted by Gasteiger charge is -2.11. The minimum Gasteiger partial charge on any atom is -0.494 e. The second kappa shape index (κ2) is 10.8.